The van der Waals surface area contributed by atoms with Gasteiger partial charge in [0.1, 0.15) is 11.5 Å². The van der Waals surface area contributed by atoms with Gasteiger partial charge in [0.2, 0.25) is 0 Å². The Bertz CT molecular complexity index is 546. The van der Waals surface area contributed by atoms with Gasteiger partial charge in [0.15, 0.2) is 0 Å². The van der Waals surface area contributed by atoms with E-state index < -0.39 is 0 Å². The van der Waals surface area contributed by atoms with E-state index in [0.717, 1.165) is 33.9 Å². The lowest BCUT2D eigenvalue weighted by Crippen LogP contribution is -1.94. The van der Waals surface area contributed by atoms with Crippen molar-refractivity contribution in [1.29, 1.82) is 0 Å². The Hall–Kier alpha value is -0.480. The molecule has 0 aromatic heterocycles. The first-order chi connectivity index (χ1) is 14.1. The Morgan fingerprint density at radius 1 is 0.655 bits per heavy atom. The summed E-state index contributed by atoms with van der Waals surface area (Å²) in [4.78, 5) is 0. The number of hydrogen-bond acceptors (Lipinski definition) is 4. The highest BCUT2D eigenvalue weighted by Crippen LogP contribution is 2.38. The molecule has 2 N–H and O–H groups in total. The lowest BCUT2D eigenvalue weighted by Gasteiger charge is -2.14. The molecule has 29 heavy (non-hydrogen) atoms. The highest BCUT2D eigenvalue weighted by molar-refractivity contribution is 7.98. The second-order valence-electron chi connectivity index (χ2n) is 8.17. The van der Waals surface area contributed by atoms with Crippen molar-refractivity contribution in [1.82, 2.24) is 0 Å². The summed E-state index contributed by atoms with van der Waals surface area (Å²) in [6, 6.07) is 1.96. The van der Waals surface area contributed by atoms with Crippen LogP contribution in [0.4, 0.5) is 0 Å². The van der Waals surface area contributed by atoms with Crippen molar-refractivity contribution >= 4 is 23.5 Å². The molecule has 0 fully saturated rings. The molecule has 1 aromatic rings. The summed E-state index contributed by atoms with van der Waals surface area (Å²) in [7, 11) is 0. The molecule has 0 aliphatic heterocycles. The van der Waals surface area contributed by atoms with Gasteiger partial charge in [-0.1, -0.05) is 78.1 Å². The summed E-state index contributed by atoms with van der Waals surface area (Å²) in [5.74, 6) is 4.37. The van der Waals surface area contributed by atoms with Gasteiger partial charge in [-0.2, -0.15) is 23.5 Å². The Morgan fingerprint density at radius 2 is 1.14 bits per heavy atom. The number of unbranched alkanes of at least 4 members (excludes halogenated alkanes) is 10. The zero-order valence-corrected chi connectivity index (χ0v) is 20.7. The van der Waals surface area contributed by atoms with Gasteiger partial charge in [0.05, 0.1) is 0 Å². The smallest absolute Gasteiger partial charge is 0.127 e. The Morgan fingerprint density at radius 3 is 1.69 bits per heavy atom. The fourth-order valence-corrected chi connectivity index (χ4v) is 5.54. The Labute approximate surface area is 188 Å². The summed E-state index contributed by atoms with van der Waals surface area (Å²) in [6.45, 7) is 6.44. The Kier molecular flexibility index (Phi) is 15.8. The van der Waals surface area contributed by atoms with Gasteiger partial charge >= 0.3 is 0 Å². The molecule has 0 radical (unpaired) electrons. The molecule has 0 aliphatic rings. The van der Waals surface area contributed by atoms with Crippen molar-refractivity contribution < 1.29 is 10.2 Å². The molecule has 0 spiro atoms. The van der Waals surface area contributed by atoms with Gasteiger partial charge in [-0.15, -0.1) is 0 Å². The first-order valence-corrected chi connectivity index (χ1v) is 14.1. The van der Waals surface area contributed by atoms with Crippen LogP contribution in [-0.4, -0.2) is 21.7 Å². The van der Waals surface area contributed by atoms with E-state index in [0.29, 0.717) is 11.5 Å². The second kappa shape index (κ2) is 17.2. The van der Waals surface area contributed by atoms with E-state index in [9.17, 15) is 10.2 Å². The predicted molar refractivity (Wildman–Crippen MR) is 134 cm³/mol. The van der Waals surface area contributed by atoms with E-state index >= 15 is 0 Å². The number of phenols is 2. The van der Waals surface area contributed by atoms with E-state index in [1.807, 2.05) is 36.5 Å². The van der Waals surface area contributed by atoms with Crippen molar-refractivity contribution in [2.75, 3.05) is 11.5 Å². The van der Waals surface area contributed by atoms with Crippen LogP contribution in [0.15, 0.2) is 6.07 Å². The average Bonchev–Trinajstić information content (AvgIpc) is 2.71. The van der Waals surface area contributed by atoms with Gasteiger partial charge in [0.25, 0.3) is 0 Å². The van der Waals surface area contributed by atoms with Crippen molar-refractivity contribution in [3.05, 3.63) is 22.8 Å². The highest BCUT2D eigenvalue weighted by Gasteiger charge is 2.15. The molecule has 0 bridgehead atoms. The minimum absolute atomic E-state index is 0.280. The van der Waals surface area contributed by atoms with E-state index in [-0.39, 0.29) is 5.75 Å². The molecule has 4 heteroatoms. The van der Waals surface area contributed by atoms with Crippen LogP contribution in [-0.2, 0) is 11.5 Å². The van der Waals surface area contributed by atoms with E-state index in [1.54, 1.807) is 0 Å². The third-order valence-electron chi connectivity index (χ3n) is 5.43. The average molecular weight is 441 g/mol. The number of hydrogen-bond donors (Lipinski definition) is 2. The summed E-state index contributed by atoms with van der Waals surface area (Å²) in [6.07, 6.45) is 15.8. The van der Waals surface area contributed by atoms with Crippen LogP contribution in [0.2, 0.25) is 0 Å². The zero-order valence-electron chi connectivity index (χ0n) is 19.1. The molecule has 1 rings (SSSR count). The van der Waals surface area contributed by atoms with Crippen molar-refractivity contribution in [3.8, 4) is 11.5 Å². The zero-order chi connectivity index (χ0) is 21.3. The molecular formula is C25H44O2S2. The standard InChI is InChI=1S/C25H44O2S2/c1-4-6-8-10-12-14-16-28-19-22-18-21(3)24(26)23(25(22)27)20-29-17-15-13-11-9-7-5-2/h18,26-27H,4-17,19-20H2,1-3H3. The first kappa shape index (κ1) is 26.6. The quantitative estimate of drug-likeness (QED) is 0.224. The van der Waals surface area contributed by atoms with Gasteiger partial charge < -0.3 is 10.2 Å². The molecule has 0 amide bonds. The molecule has 0 heterocycles. The number of benzene rings is 1. The second-order valence-corrected chi connectivity index (χ2v) is 10.4. The van der Waals surface area contributed by atoms with Crippen LogP contribution in [0, 0.1) is 6.92 Å². The monoisotopic (exact) mass is 440 g/mol. The Balaban J connectivity index is 2.37. The number of phenolic OH excluding ortho intramolecular Hbond substituents is 2. The molecule has 2 nitrogen and oxygen atoms in total. The molecular weight excluding hydrogens is 396 g/mol. The molecule has 0 atom stereocenters. The maximum Gasteiger partial charge on any atom is 0.127 e. The van der Waals surface area contributed by atoms with Gasteiger partial charge in [-0.25, -0.2) is 0 Å². The van der Waals surface area contributed by atoms with E-state index in [1.165, 1.54) is 77.0 Å². The third kappa shape index (κ3) is 11.5. The fourth-order valence-electron chi connectivity index (χ4n) is 3.51. The largest absolute Gasteiger partial charge is 0.507 e. The fraction of sp³-hybridized carbons (Fsp3) is 0.760. The SMILES string of the molecule is CCCCCCCCSCc1cc(C)c(O)c(CSCCCCCCCC)c1O. The minimum atomic E-state index is 0.280. The molecule has 1 aromatic carbocycles. The molecule has 168 valence electrons. The molecule has 0 unspecified atom stereocenters. The summed E-state index contributed by atoms with van der Waals surface area (Å²) in [5.41, 5.74) is 2.59. The normalized spacial score (nSPS) is 11.3. The van der Waals surface area contributed by atoms with Gasteiger partial charge in [-0.3, -0.25) is 0 Å². The molecule has 0 saturated heterocycles. The lowest BCUT2D eigenvalue weighted by atomic mass is 10.0. The van der Waals surface area contributed by atoms with Crippen LogP contribution in [0.25, 0.3) is 0 Å². The van der Waals surface area contributed by atoms with Crippen LogP contribution in [0.1, 0.15) is 108 Å². The predicted octanol–water partition coefficient (Wildman–Crippen LogP) is 8.59. The number of thioether (sulfide) groups is 2. The highest BCUT2D eigenvalue weighted by atomic mass is 32.2. The van der Waals surface area contributed by atoms with Crippen LogP contribution in [0.5, 0.6) is 11.5 Å². The molecule has 0 saturated carbocycles. The van der Waals surface area contributed by atoms with Crippen molar-refractivity contribution in [2.45, 2.75) is 109 Å². The summed E-state index contributed by atoms with van der Waals surface area (Å²) >= 11 is 3.73. The number of aryl methyl sites for hydroxylation is 1. The summed E-state index contributed by atoms with van der Waals surface area (Å²) in [5, 5.41) is 21.1. The maximum absolute atomic E-state index is 10.7. The number of rotatable bonds is 18. The van der Waals surface area contributed by atoms with Gasteiger partial charge in [0, 0.05) is 22.6 Å². The minimum Gasteiger partial charge on any atom is -0.507 e. The van der Waals surface area contributed by atoms with Crippen LogP contribution >= 0.6 is 23.5 Å². The first-order valence-electron chi connectivity index (χ1n) is 11.8. The van der Waals surface area contributed by atoms with Crippen molar-refractivity contribution in [2.24, 2.45) is 0 Å². The third-order valence-corrected chi connectivity index (χ3v) is 7.59. The van der Waals surface area contributed by atoms with E-state index in [4.69, 9.17) is 0 Å². The van der Waals surface area contributed by atoms with Crippen molar-refractivity contribution in [3.63, 3.8) is 0 Å². The number of aromatic hydroxyl groups is 2. The topological polar surface area (TPSA) is 40.5 Å². The van der Waals surface area contributed by atoms with E-state index in [2.05, 4.69) is 13.8 Å². The summed E-state index contributed by atoms with van der Waals surface area (Å²) < 4.78 is 0. The lowest BCUT2D eigenvalue weighted by molar-refractivity contribution is 0.437. The van der Waals surface area contributed by atoms with Gasteiger partial charge in [-0.05, 0) is 42.9 Å². The maximum atomic E-state index is 10.7. The molecule has 0 aliphatic carbocycles. The van der Waals surface area contributed by atoms with Crippen LogP contribution < -0.4 is 0 Å². The van der Waals surface area contributed by atoms with Crippen LogP contribution in [0.3, 0.4) is 0 Å².